The number of thioether (sulfide) groups is 1. The Morgan fingerprint density at radius 3 is 2.45 bits per heavy atom. The summed E-state index contributed by atoms with van der Waals surface area (Å²) in [5.74, 6) is 1.05. The Morgan fingerprint density at radius 1 is 1.07 bits per heavy atom. The SMILES string of the molecule is CCOC(=O)C(CSCc1ccccc1)NC(=O)Nc1c(C)cccc1C(C)C. The summed E-state index contributed by atoms with van der Waals surface area (Å²) < 4.78 is 5.15. The Labute approximate surface area is 177 Å². The minimum atomic E-state index is -0.713. The molecule has 1 atom stereocenters. The first-order valence-corrected chi connectivity index (χ1v) is 11.0. The average Bonchev–Trinajstić information content (AvgIpc) is 2.69. The van der Waals surface area contributed by atoms with Crippen LogP contribution in [-0.4, -0.2) is 30.4 Å². The first kappa shape index (κ1) is 22.8. The van der Waals surface area contributed by atoms with Crippen LogP contribution in [0.1, 0.15) is 43.4 Å². The second-order valence-corrected chi connectivity index (χ2v) is 8.13. The summed E-state index contributed by atoms with van der Waals surface area (Å²) in [4.78, 5) is 25.0. The highest BCUT2D eigenvalue weighted by Gasteiger charge is 2.23. The van der Waals surface area contributed by atoms with E-state index in [1.807, 2.05) is 55.5 Å². The first-order valence-electron chi connectivity index (χ1n) is 9.87. The number of hydrogen-bond acceptors (Lipinski definition) is 4. The van der Waals surface area contributed by atoms with Crippen molar-refractivity contribution in [3.05, 3.63) is 65.2 Å². The molecule has 2 aromatic rings. The molecule has 2 amide bonds. The number of carbonyl (C=O) groups is 2. The van der Waals surface area contributed by atoms with Crippen LogP contribution in [0.5, 0.6) is 0 Å². The zero-order valence-corrected chi connectivity index (χ0v) is 18.3. The summed E-state index contributed by atoms with van der Waals surface area (Å²) in [6.07, 6.45) is 0. The van der Waals surface area contributed by atoms with E-state index < -0.39 is 18.0 Å². The zero-order valence-electron chi connectivity index (χ0n) is 17.5. The number of benzene rings is 2. The maximum absolute atomic E-state index is 12.7. The molecule has 5 nitrogen and oxygen atoms in total. The summed E-state index contributed by atoms with van der Waals surface area (Å²) in [6, 6.07) is 14.9. The van der Waals surface area contributed by atoms with Crippen molar-refractivity contribution in [1.82, 2.24) is 5.32 Å². The summed E-state index contributed by atoms with van der Waals surface area (Å²) in [5, 5.41) is 5.71. The average molecular weight is 415 g/mol. The Hall–Kier alpha value is -2.47. The quantitative estimate of drug-likeness (QED) is 0.560. The third-order valence-corrected chi connectivity index (χ3v) is 5.54. The Bertz CT molecular complexity index is 809. The number of carbonyl (C=O) groups excluding carboxylic acids is 2. The fourth-order valence-corrected chi connectivity index (χ4v) is 3.93. The van der Waals surface area contributed by atoms with E-state index in [9.17, 15) is 9.59 Å². The Morgan fingerprint density at radius 2 is 1.79 bits per heavy atom. The fourth-order valence-electron chi connectivity index (χ4n) is 2.93. The van der Waals surface area contributed by atoms with Crippen molar-refractivity contribution in [2.24, 2.45) is 0 Å². The van der Waals surface area contributed by atoms with E-state index in [1.165, 1.54) is 5.56 Å². The number of para-hydroxylation sites is 1. The molecule has 1 unspecified atom stereocenters. The molecule has 0 saturated carbocycles. The molecule has 2 rings (SSSR count). The molecule has 0 saturated heterocycles. The molecular formula is C23H30N2O3S. The van der Waals surface area contributed by atoms with Crippen LogP contribution in [0.2, 0.25) is 0 Å². The maximum atomic E-state index is 12.7. The number of esters is 1. The van der Waals surface area contributed by atoms with Crippen molar-refractivity contribution in [3.63, 3.8) is 0 Å². The topological polar surface area (TPSA) is 67.4 Å². The lowest BCUT2D eigenvalue weighted by Crippen LogP contribution is -2.45. The molecule has 0 fully saturated rings. The van der Waals surface area contributed by atoms with E-state index in [0.29, 0.717) is 5.75 Å². The van der Waals surface area contributed by atoms with Crippen LogP contribution in [0.15, 0.2) is 48.5 Å². The third kappa shape index (κ3) is 7.13. The highest BCUT2D eigenvalue weighted by Crippen LogP contribution is 2.27. The molecule has 0 aromatic heterocycles. The van der Waals surface area contributed by atoms with E-state index in [0.717, 1.165) is 22.6 Å². The molecule has 2 N–H and O–H groups in total. The second kappa shape index (κ2) is 11.5. The van der Waals surface area contributed by atoms with Gasteiger partial charge in [0.05, 0.1) is 6.61 Å². The highest BCUT2D eigenvalue weighted by atomic mass is 32.2. The largest absolute Gasteiger partial charge is 0.464 e. The molecule has 0 radical (unpaired) electrons. The molecule has 156 valence electrons. The monoisotopic (exact) mass is 414 g/mol. The van der Waals surface area contributed by atoms with Crippen LogP contribution in [0.3, 0.4) is 0 Å². The maximum Gasteiger partial charge on any atom is 0.329 e. The second-order valence-electron chi connectivity index (χ2n) is 7.10. The van der Waals surface area contributed by atoms with Gasteiger partial charge in [-0.05, 0) is 36.5 Å². The lowest BCUT2D eigenvalue weighted by molar-refractivity contribution is -0.144. The van der Waals surface area contributed by atoms with E-state index in [4.69, 9.17) is 4.74 Å². The van der Waals surface area contributed by atoms with Gasteiger partial charge in [0.15, 0.2) is 0 Å². The van der Waals surface area contributed by atoms with E-state index in [1.54, 1.807) is 18.7 Å². The van der Waals surface area contributed by atoms with E-state index in [-0.39, 0.29) is 12.5 Å². The minimum Gasteiger partial charge on any atom is -0.464 e. The van der Waals surface area contributed by atoms with Gasteiger partial charge in [0, 0.05) is 17.2 Å². The van der Waals surface area contributed by atoms with Gasteiger partial charge >= 0.3 is 12.0 Å². The molecule has 0 bridgehead atoms. The summed E-state index contributed by atoms with van der Waals surface area (Å²) >= 11 is 1.58. The molecule has 29 heavy (non-hydrogen) atoms. The van der Waals surface area contributed by atoms with Crippen molar-refractivity contribution >= 4 is 29.4 Å². The minimum absolute atomic E-state index is 0.271. The fraction of sp³-hybridized carbons (Fsp3) is 0.391. The van der Waals surface area contributed by atoms with E-state index >= 15 is 0 Å². The van der Waals surface area contributed by atoms with Crippen LogP contribution in [0.25, 0.3) is 0 Å². The van der Waals surface area contributed by atoms with Crippen LogP contribution < -0.4 is 10.6 Å². The standard InChI is InChI=1S/C23H30N2O3S/c1-5-28-22(26)20(15-29-14-18-11-7-6-8-12-18)24-23(27)25-21-17(4)10-9-13-19(21)16(2)3/h6-13,16,20H,5,14-15H2,1-4H3,(H2,24,25,27). The third-order valence-electron chi connectivity index (χ3n) is 4.44. The number of amides is 2. The molecule has 0 aliphatic heterocycles. The molecule has 6 heteroatoms. The van der Waals surface area contributed by atoms with Gasteiger partial charge < -0.3 is 15.4 Å². The zero-order chi connectivity index (χ0) is 21.2. The molecule has 0 aliphatic carbocycles. The smallest absolute Gasteiger partial charge is 0.329 e. The van der Waals surface area contributed by atoms with Crippen molar-refractivity contribution in [2.45, 2.75) is 45.4 Å². The van der Waals surface area contributed by atoms with Crippen LogP contribution >= 0.6 is 11.8 Å². The molecule has 2 aromatic carbocycles. The van der Waals surface area contributed by atoms with Crippen LogP contribution in [-0.2, 0) is 15.3 Å². The first-order chi connectivity index (χ1) is 13.9. The number of anilines is 1. The Kier molecular flexibility index (Phi) is 9.06. The van der Waals surface area contributed by atoms with Gasteiger partial charge in [-0.25, -0.2) is 9.59 Å². The number of urea groups is 1. The van der Waals surface area contributed by atoms with Crippen molar-refractivity contribution in [3.8, 4) is 0 Å². The van der Waals surface area contributed by atoms with Gasteiger partial charge in [0.2, 0.25) is 0 Å². The predicted molar refractivity (Wildman–Crippen MR) is 120 cm³/mol. The van der Waals surface area contributed by atoms with Crippen LogP contribution in [0.4, 0.5) is 10.5 Å². The normalized spacial score (nSPS) is 11.8. The van der Waals surface area contributed by atoms with Gasteiger partial charge in [0.25, 0.3) is 0 Å². The van der Waals surface area contributed by atoms with Gasteiger partial charge in [-0.3, -0.25) is 0 Å². The Balaban J connectivity index is 2.02. The predicted octanol–water partition coefficient (Wildman–Crippen LogP) is 5.11. The van der Waals surface area contributed by atoms with Crippen molar-refractivity contribution in [2.75, 3.05) is 17.7 Å². The number of ether oxygens (including phenoxy) is 1. The van der Waals surface area contributed by atoms with Gasteiger partial charge in [-0.1, -0.05) is 62.4 Å². The van der Waals surface area contributed by atoms with Gasteiger partial charge in [0.1, 0.15) is 6.04 Å². The van der Waals surface area contributed by atoms with Crippen molar-refractivity contribution in [1.29, 1.82) is 0 Å². The lowest BCUT2D eigenvalue weighted by Gasteiger charge is -2.20. The van der Waals surface area contributed by atoms with Gasteiger partial charge in [-0.2, -0.15) is 11.8 Å². The number of aryl methyl sites for hydroxylation is 1. The summed E-state index contributed by atoms with van der Waals surface area (Å²) in [5.41, 5.74) is 4.01. The van der Waals surface area contributed by atoms with Crippen molar-refractivity contribution < 1.29 is 14.3 Å². The van der Waals surface area contributed by atoms with Gasteiger partial charge in [-0.15, -0.1) is 0 Å². The highest BCUT2D eigenvalue weighted by molar-refractivity contribution is 7.98. The molecule has 0 spiro atoms. The molecule has 0 aliphatic rings. The lowest BCUT2D eigenvalue weighted by atomic mass is 9.98. The van der Waals surface area contributed by atoms with E-state index in [2.05, 4.69) is 24.5 Å². The van der Waals surface area contributed by atoms with Crippen LogP contribution in [0, 0.1) is 6.92 Å². The number of hydrogen-bond donors (Lipinski definition) is 2. The number of nitrogens with one attached hydrogen (secondary N) is 2. The summed E-state index contributed by atoms with van der Waals surface area (Å²) in [6.45, 7) is 8.16. The molecule has 0 heterocycles. The summed E-state index contributed by atoms with van der Waals surface area (Å²) in [7, 11) is 0. The molecular weight excluding hydrogens is 384 g/mol. The number of rotatable bonds is 9.